The van der Waals surface area contributed by atoms with Gasteiger partial charge in [-0.3, -0.25) is 5.32 Å². The molecule has 4 rings (SSSR count). The van der Waals surface area contributed by atoms with Crippen molar-refractivity contribution in [1.82, 2.24) is 15.0 Å². The fourth-order valence-corrected chi connectivity index (χ4v) is 4.31. The van der Waals surface area contributed by atoms with Gasteiger partial charge in [-0.15, -0.1) is 0 Å². The van der Waals surface area contributed by atoms with Crippen LogP contribution >= 0.6 is 0 Å². The number of amides is 2. The van der Waals surface area contributed by atoms with Crippen molar-refractivity contribution in [2.24, 2.45) is 0 Å². The van der Waals surface area contributed by atoms with Crippen LogP contribution in [0.1, 0.15) is 5.69 Å². The van der Waals surface area contributed by atoms with Crippen LogP contribution in [0.25, 0.3) is 11.4 Å². The number of hydrogen-bond donors (Lipinski definition) is 3. The third-order valence-electron chi connectivity index (χ3n) is 4.62. The quantitative estimate of drug-likeness (QED) is 0.357. The molecule has 34 heavy (non-hydrogen) atoms. The second-order valence-corrected chi connectivity index (χ2v) is 9.18. The highest BCUT2D eigenvalue weighted by Crippen LogP contribution is 2.22. The summed E-state index contributed by atoms with van der Waals surface area (Å²) in [6.07, 6.45) is 1.56. The predicted octanol–water partition coefficient (Wildman–Crippen LogP) is 3.88. The molecule has 0 radical (unpaired) electrons. The first-order valence-corrected chi connectivity index (χ1v) is 11.6. The first kappa shape index (κ1) is 22.8. The van der Waals surface area contributed by atoms with E-state index in [2.05, 4.69) is 25.6 Å². The van der Waals surface area contributed by atoms with E-state index in [-0.39, 0.29) is 22.2 Å². The number of hydrogen-bond acceptors (Lipinski definition) is 7. The number of benzene rings is 2. The van der Waals surface area contributed by atoms with Gasteiger partial charge in [-0.1, -0.05) is 6.07 Å². The van der Waals surface area contributed by atoms with E-state index in [1.165, 1.54) is 18.2 Å². The number of carbonyl (C=O) groups is 1. The number of nitrogens with two attached hydrogens (primary N) is 1. The van der Waals surface area contributed by atoms with Crippen molar-refractivity contribution in [3.63, 3.8) is 0 Å². The molecule has 4 N–H and O–H groups in total. The molecular weight excluding hydrogens is 459 g/mol. The summed E-state index contributed by atoms with van der Waals surface area (Å²) in [6.45, 7) is 0. The minimum atomic E-state index is -3.76. The van der Waals surface area contributed by atoms with Gasteiger partial charge >= 0.3 is 6.03 Å². The number of carbonyl (C=O) groups excluding carboxylic acids is 1. The van der Waals surface area contributed by atoms with E-state index < -0.39 is 27.4 Å². The van der Waals surface area contributed by atoms with Gasteiger partial charge in [0.15, 0.2) is 15.7 Å². The Morgan fingerprint density at radius 2 is 1.68 bits per heavy atom. The van der Waals surface area contributed by atoms with Crippen LogP contribution < -0.4 is 16.4 Å². The summed E-state index contributed by atoms with van der Waals surface area (Å²) in [5, 5.41) is 5.29. The molecule has 0 aliphatic carbocycles. The van der Waals surface area contributed by atoms with E-state index >= 15 is 0 Å². The van der Waals surface area contributed by atoms with Crippen molar-refractivity contribution in [3.05, 3.63) is 90.5 Å². The number of sulfone groups is 1. The first-order valence-electron chi connectivity index (χ1n) is 10.00. The monoisotopic (exact) mass is 478 g/mol. The summed E-state index contributed by atoms with van der Waals surface area (Å²) in [7, 11) is -3.76. The van der Waals surface area contributed by atoms with Gasteiger partial charge in [0, 0.05) is 23.5 Å². The van der Waals surface area contributed by atoms with E-state index in [1.807, 2.05) is 0 Å². The summed E-state index contributed by atoms with van der Waals surface area (Å²) in [5.41, 5.74) is 7.16. The van der Waals surface area contributed by atoms with Gasteiger partial charge in [0.25, 0.3) is 0 Å². The fourth-order valence-electron chi connectivity index (χ4n) is 3.06. The summed E-state index contributed by atoms with van der Waals surface area (Å²) >= 11 is 0. The van der Waals surface area contributed by atoms with Crippen LogP contribution in [0.3, 0.4) is 0 Å². The van der Waals surface area contributed by atoms with Gasteiger partial charge in [0.1, 0.15) is 17.5 Å². The largest absolute Gasteiger partial charge is 0.384 e. The lowest BCUT2D eigenvalue weighted by Crippen LogP contribution is -2.19. The number of nitrogens with zero attached hydrogens (tertiary/aromatic N) is 3. The average Bonchev–Trinajstić information content (AvgIpc) is 2.80. The number of pyridine rings is 1. The Morgan fingerprint density at radius 3 is 2.35 bits per heavy atom. The number of rotatable bonds is 6. The SMILES string of the molecule is Nc1cc(CS(=O)(=O)c2ccc(F)cc2)nc(-c2ccc(NC(=O)Nc3ccccn3)cc2)n1. The van der Waals surface area contributed by atoms with E-state index in [9.17, 15) is 17.6 Å². The summed E-state index contributed by atoms with van der Waals surface area (Å²) in [4.78, 5) is 24.6. The minimum absolute atomic E-state index is 0.0213. The van der Waals surface area contributed by atoms with Crippen LogP contribution in [-0.4, -0.2) is 29.4 Å². The Bertz CT molecular complexity index is 1410. The highest BCUT2D eigenvalue weighted by atomic mass is 32.2. The zero-order valence-corrected chi connectivity index (χ0v) is 18.5. The van der Waals surface area contributed by atoms with Gasteiger partial charge in [-0.05, 0) is 60.7 Å². The maximum absolute atomic E-state index is 13.1. The van der Waals surface area contributed by atoms with Crippen LogP contribution in [0.4, 0.5) is 26.5 Å². The highest BCUT2D eigenvalue weighted by molar-refractivity contribution is 7.90. The maximum atomic E-state index is 13.1. The lowest BCUT2D eigenvalue weighted by Gasteiger charge is -2.09. The average molecular weight is 479 g/mol. The van der Waals surface area contributed by atoms with Crippen LogP contribution in [-0.2, 0) is 15.6 Å². The van der Waals surface area contributed by atoms with Crippen LogP contribution in [0.15, 0.2) is 83.9 Å². The molecule has 0 aliphatic heterocycles. The zero-order valence-electron chi connectivity index (χ0n) is 17.6. The Kier molecular flexibility index (Phi) is 6.46. The molecule has 0 fully saturated rings. The number of halogens is 1. The molecule has 2 aromatic heterocycles. The molecule has 0 saturated heterocycles. The third-order valence-corrected chi connectivity index (χ3v) is 6.28. The molecule has 0 aliphatic rings. The maximum Gasteiger partial charge on any atom is 0.324 e. The van der Waals surface area contributed by atoms with E-state index in [1.54, 1.807) is 48.7 Å². The Labute approximate surface area is 194 Å². The van der Waals surface area contributed by atoms with Crippen molar-refractivity contribution >= 4 is 33.2 Å². The number of urea groups is 1. The summed E-state index contributed by atoms with van der Waals surface area (Å²) in [5.74, 6) is -0.210. The van der Waals surface area contributed by atoms with Crippen molar-refractivity contribution in [1.29, 1.82) is 0 Å². The third kappa shape index (κ3) is 5.70. The van der Waals surface area contributed by atoms with Crippen molar-refractivity contribution < 1.29 is 17.6 Å². The van der Waals surface area contributed by atoms with Gasteiger partial charge < -0.3 is 11.1 Å². The van der Waals surface area contributed by atoms with Crippen molar-refractivity contribution in [2.45, 2.75) is 10.6 Å². The van der Waals surface area contributed by atoms with Gasteiger partial charge in [-0.2, -0.15) is 0 Å². The Hall–Kier alpha value is -4.38. The Morgan fingerprint density at radius 1 is 0.941 bits per heavy atom. The Balaban J connectivity index is 1.49. The number of nitrogen functional groups attached to an aromatic ring is 1. The molecule has 0 spiro atoms. The smallest absolute Gasteiger partial charge is 0.324 e. The van der Waals surface area contributed by atoms with Gasteiger partial charge in [-0.25, -0.2) is 32.6 Å². The van der Waals surface area contributed by atoms with Crippen LogP contribution in [0, 0.1) is 5.82 Å². The molecule has 4 aromatic rings. The molecule has 0 unspecified atom stereocenters. The molecule has 172 valence electrons. The summed E-state index contributed by atoms with van der Waals surface area (Å²) in [6, 6.07) is 17.3. The first-order chi connectivity index (χ1) is 16.3. The second kappa shape index (κ2) is 9.63. The molecule has 2 amide bonds. The molecule has 2 heterocycles. The summed E-state index contributed by atoms with van der Waals surface area (Å²) < 4.78 is 38.5. The second-order valence-electron chi connectivity index (χ2n) is 7.19. The van der Waals surface area contributed by atoms with Gasteiger partial charge in [0.2, 0.25) is 0 Å². The normalized spacial score (nSPS) is 11.1. The van der Waals surface area contributed by atoms with Crippen LogP contribution in [0.2, 0.25) is 0 Å². The molecule has 9 nitrogen and oxygen atoms in total. The lowest BCUT2D eigenvalue weighted by molar-refractivity contribution is 0.262. The lowest BCUT2D eigenvalue weighted by atomic mass is 10.2. The topological polar surface area (TPSA) is 140 Å². The van der Waals surface area contributed by atoms with E-state index in [0.29, 0.717) is 17.1 Å². The number of aromatic nitrogens is 3. The fraction of sp³-hybridized carbons (Fsp3) is 0.0435. The predicted molar refractivity (Wildman–Crippen MR) is 126 cm³/mol. The number of nitrogens with one attached hydrogen (secondary N) is 2. The number of anilines is 3. The zero-order chi connectivity index (χ0) is 24.1. The van der Waals surface area contributed by atoms with E-state index in [0.717, 1.165) is 12.1 Å². The van der Waals surface area contributed by atoms with Crippen molar-refractivity contribution in [2.75, 3.05) is 16.4 Å². The standard InChI is InChI=1S/C23H19FN6O3S/c24-16-6-10-19(11-7-16)34(32,33)14-18-13-20(25)29-22(27-18)15-4-8-17(9-5-15)28-23(31)30-21-3-1-2-12-26-21/h1-13H,14H2,(H2,25,27,29)(H2,26,28,30,31). The molecule has 2 aromatic carbocycles. The molecule has 11 heteroatoms. The molecular formula is C23H19FN6O3S. The van der Waals surface area contributed by atoms with E-state index in [4.69, 9.17) is 5.73 Å². The molecule has 0 atom stereocenters. The highest BCUT2D eigenvalue weighted by Gasteiger charge is 2.18. The van der Waals surface area contributed by atoms with Crippen molar-refractivity contribution in [3.8, 4) is 11.4 Å². The minimum Gasteiger partial charge on any atom is -0.384 e. The molecule has 0 bridgehead atoms. The van der Waals surface area contributed by atoms with Crippen LogP contribution in [0.5, 0.6) is 0 Å². The molecule has 0 saturated carbocycles. The van der Waals surface area contributed by atoms with Gasteiger partial charge in [0.05, 0.1) is 16.3 Å².